The van der Waals surface area contributed by atoms with Crippen molar-refractivity contribution in [2.75, 3.05) is 25.5 Å². The fourth-order valence-electron chi connectivity index (χ4n) is 3.54. The summed E-state index contributed by atoms with van der Waals surface area (Å²) in [4.78, 5) is 4.16. The van der Waals surface area contributed by atoms with Crippen molar-refractivity contribution in [3.63, 3.8) is 0 Å². The number of benzene rings is 2. The number of hydrogen-bond donors (Lipinski definition) is 1. The number of nitrogens with one attached hydrogen (secondary N) is 1. The molecule has 0 radical (unpaired) electrons. The van der Waals surface area contributed by atoms with Crippen LogP contribution in [0.4, 0.5) is 18.9 Å². The molecule has 0 saturated carbocycles. The SMILES string of the molecule is CN1CCC(N(Cc2ccccc2Cl)C(=S)Nc2cc(Cl)ccc2C(F)(F)F)CC1. The molecule has 0 aliphatic carbocycles. The van der Waals surface area contributed by atoms with Gasteiger partial charge in [0.1, 0.15) is 0 Å². The second kappa shape index (κ2) is 9.73. The topological polar surface area (TPSA) is 18.5 Å². The largest absolute Gasteiger partial charge is 0.418 e. The van der Waals surface area contributed by atoms with Gasteiger partial charge in [-0.1, -0.05) is 41.4 Å². The predicted octanol–water partition coefficient (Wildman–Crippen LogP) is 6.31. The van der Waals surface area contributed by atoms with Crippen LogP contribution in [0.25, 0.3) is 0 Å². The summed E-state index contributed by atoms with van der Waals surface area (Å²) >= 11 is 17.9. The maximum atomic E-state index is 13.5. The summed E-state index contributed by atoms with van der Waals surface area (Å²) in [6.45, 7) is 2.18. The van der Waals surface area contributed by atoms with E-state index in [0.29, 0.717) is 11.6 Å². The van der Waals surface area contributed by atoms with Gasteiger partial charge in [0.2, 0.25) is 0 Å². The van der Waals surface area contributed by atoms with Crippen molar-refractivity contribution in [3.05, 3.63) is 63.6 Å². The van der Waals surface area contributed by atoms with Crippen molar-refractivity contribution in [3.8, 4) is 0 Å². The van der Waals surface area contributed by atoms with Crippen LogP contribution in [0.3, 0.4) is 0 Å². The van der Waals surface area contributed by atoms with Gasteiger partial charge < -0.3 is 15.1 Å². The lowest BCUT2D eigenvalue weighted by Gasteiger charge is -2.39. The van der Waals surface area contributed by atoms with E-state index < -0.39 is 11.7 Å². The Morgan fingerprint density at radius 1 is 1.17 bits per heavy atom. The number of hydrogen-bond acceptors (Lipinski definition) is 2. The van der Waals surface area contributed by atoms with Crippen LogP contribution in [0.5, 0.6) is 0 Å². The van der Waals surface area contributed by atoms with E-state index in [9.17, 15) is 13.2 Å². The van der Waals surface area contributed by atoms with Gasteiger partial charge in [0.15, 0.2) is 5.11 Å². The number of nitrogens with zero attached hydrogens (tertiary/aromatic N) is 2. The fourth-order valence-corrected chi connectivity index (χ4v) is 4.23. The Hall–Kier alpha value is -1.54. The molecule has 3 nitrogen and oxygen atoms in total. The molecule has 1 aliphatic heterocycles. The second-order valence-corrected chi connectivity index (χ2v) is 8.60. The van der Waals surface area contributed by atoms with Gasteiger partial charge >= 0.3 is 6.18 Å². The molecule has 0 spiro atoms. The summed E-state index contributed by atoms with van der Waals surface area (Å²) in [5.74, 6) is 0. The molecule has 1 fully saturated rings. The predicted molar refractivity (Wildman–Crippen MR) is 120 cm³/mol. The summed E-state index contributed by atoms with van der Waals surface area (Å²) < 4.78 is 40.4. The first-order chi connectivity index (χ1) is 14.1. The van der Waals surface area contributed by atoms with Crippen molar-refractivity contribution >= 4 is 46.2 Å². The molecule has 9 heteroatoms. The lowest BCUT2D eigenvalue weighted by Crippen LogP contribution is -2.47. The minimum atomic E-state index is -4.52. The summed E-state index contributed by atoms with van der Waals surface area (Å²) in [6, 6.07) is 10.9. The number of likely N-dealkylation sites (tertiary alicyclic amines) is 1. The average molecular weight is 476 g/mol. The second-order valence-electron chi connectivity index (χ2n) is 7.37. The normalized spacial score (nSPS) is 15.8. The molecular weight excluding hydrogens is 454 g/mol. The smallest absolute Gasteiger partial charge is 0.342 e. The highest BCUT2D eigenvalue weighted by molar-refractivity contribution is 7.80. The van der Waals surface area contributed by atoms with E-state index in [0.717, 1.165) is 37.6 Å². The molecule has 0 aromatic heterocycles. The molecule has 3 rings (SSSR count). The number of thiocarbonyl (C=S) groups is 1. The van der Waals surface area contributed by atoms with E-state index in [-0.39, 0.29) is 21.9 Å². The molecule has 1 aliphatic rings. The maximum absolute atomic E-state index is 13.5. The molecule has 30 heavy (non-hydrogen) atoms. The van der Waals surface area contributed by atoms with Crippen molar-refractivity contribution in [2.45, 2.75) is 31.6 Å². The highest BCUT2D eigenvalue weighted by atomic mass is 35.5. The van der Waals surface area contributed by atoms with E-state index in [2.05, 4.69) is 10.2 Å². The van der Waals surface area contributed by atoms with Crippen LogP contribution in [0.15, 0.2) is 42.5 Å². The average Bonchev–Trinajstić information content (AvgIpc) is 2.67. The van der Waals surface area contributed by atoms with Gasteiger partial charge in [-0.25, -0.2) is 0 Å². The third-order valence-corrected chi connectivity index (χ3v) is 6.16. The molecule has 2 aromatic carbocycles. The number of halogens is 5. The zero-order valence-corrected chi connectivity index (χ0v) is 18.7. The van der Waals surface area contributed by atoms with Gasteiger partial charge in [0, 0.05) is 22.6 Å². The Bertz CT molecular complexity index is 899. The number of piperidine rings is 1. The number of rotatable bonds is 4. The van der Waals surface area contributed by atoms with E-state index in [1.807, 2.05) is 30.1 Å². The Kier molecular flexibility index (Phi) is 7.50. The van der Waals surface area contributed by atoms with Gasteiger partial charge in [-0.15, -0.1) is 0 Å². The Balaban J connectivity index is 1.89. The van der Waals surface area contributed by atoms with Gasteiger partial charge in [-0.3, -0.25) is 0 Å². The number of alkyl halides is 3. The first-order valence-electron chi connectivity index (χ1n) is 9.51. The lowest BCUT2D eigenvalue weighted by molar-refractivity contribution is -0.136. The molecule has 1 heterocycles. The van der Waals surface area contributed by atoms with E-state index >= 15 is 0 Å². The minimum absolute atomic E-state index is 0.0889. The zero-order valence-electron chi connectivity index (χ0n) is 16.3. The van der Waals surface area contributed by atoms with Crippen LogP contribution in [0.1, 0.15) is 24.0 Å². The van der Waals surface area contributed by atoms with Gasteiger partial charge in [-0.2, -0.15) is 13.2 Å². The Morgan fingerprint density at radius 3 is 2.47 bits per heavy atom. The first-order valence-corrected chi connectivity index (χ1v) is 10.7. The molecule has 1 N–H and O–H groups in total. The van der Waals surface area contributed by atoms with Crippen molar-refractivity contribution in [1.29, 1.82) is 0 Å². The molecule has 0 atom stereocenters. The molecule has 2 aromatic rings. The third-order valence-electron chi connectivity index (χ3n) is 5.22. The van der Waals surface area contributed by atoms with Crippen LogP contribution < -0.4 is 5.32 Å². The number of anilines is 1. The van der Waals surface area contributed by atoms with Gasteiger partial charge in [0.25, 0.3) is 0 Å². The summed E-state index contributed by atoms with van der Waals surface area (Å²) in [5.41, 5.74) is -0.100. The molecule has 0 unspecified atom stereocenters. The van der Waals surface area contributed by atoms with Gasteiger partial charge in [-0.05, 0) is 75.0 Å². The van der Waals surface area contributed by atoms with E-state index in [4.69, 9.17) is 35.4 Å². The highest BCUT2D eigenvalue weighted by Gasteiger charge is 2.34. The van der Waals surface area contributed by atoms with Gasteiger partial charge in [0.05, 0.1) is 11.3 Å². The molecule has 0 amide bonds. The van der Waals surface area contributed by atoms with Crippen LogP contribution in [-0.4, -0.2) is 41.1 Å². The standard InChI is InChI=1S/C21H22Cl2F3N3S/c1-28-10-8-16(9-11-28)29(13-14-4-2-3-5-18(14)23)20(30)27-19-12-15(22)6-7-17(19)21(24,25)26/h2-7,12,16H,8-11,13H2,1H3,(H,27,30). The highest BCUT2D eigenvalue weighted by Crippen LogP contribution is 2.36. The third kappa shape index (κ3) is 5.78. The monoisotopic (exact) mass is 475 g/mol. The summed E-state index contributed by atoms with van der Waals surface area (Å²) in [5, 5.41) is 3.82. The van der Waals surface area contributed by atoms with Crippen LogP contribution >= 0.6 is 35.4 Å². The molecular formula is C21H22Cl2F3N3S. The van der Waals surface area contributed by atoms with Crippen molar-refractivity contribution < 1.29 is 13.2 Å². The van der Waals surface area contributed by atoms with Crippen molar-refractivity contribution in [2.24, 2.45) is 0 Å². The summed E-state index contributed by atoms with van der Waals surface area (Å²) in [6.07, 6.45) is -2.82. The minimum Gasteiger partial charge on any atom is -0.342 e. The molecule has 0 bridgehead atoms. The van der Waals surface area contributed by atoms with E-state index in [1.165, 1.54) is 12.1 Å². The first kappa shape index (κ1) is 23.1. The van der Waals surface area contributed by atoms with Crippen LogP contribution in [-0.2, 0) is 12.7 Å². The molecule has 1 saturated heterocycles. The molecule has 162 valence electrons. The van der Waals surface area contributed by atoms with Crippen molar-refractivity contribution in [1.82, 2.24) is 9.80 Å². The zero-order chi connectivity index (χ0) is 21.9. The Labute approximate surface area is 189 Å². The lowest BCUT2D eigenvalue weighted by atomic mass is 10.0. The van der Waals surface area contributed by atoms with E-state index in [1.54, 1.807) is 6.07 Å². The fraction of sp³-hybridized carbons (Fsp3) is 0.381. The van der Waals surface area contributed by atoms with Crippen LogP contribution in [0, 0.1) is 0 Å². The summed E-state index contributed by atoms with van der Waals surface area (Å²) in [7, 11) is 2.05. The maximum Gasteiger partial charge on any atom is 0.418 e. The Morgan fingerprint density at radius 2 is 1.83 bits per heavy atom. The quantitative estimate of drug-likeness (QED) is 0.522. The van der Waals surface area contributed by atoms with Crippen LogP contribution in [0.2, 0.25) is 10.0 Å².